The number of hydrogen-bond donors (Lipinski definition) is 0. The van der Waals surface area contributed by atoms with E-state index in [2.05, 4.69) is 73.6 Å². The van der Waals surface area contributed by atoms with Crippen molar-refractivity contribution in [2.75, 3.05) is 0 Å². The van der Waals surface area contributed by atoms with Gasteiger partial charge in [-0.3, -0.25) is 4.79 Å². The molecule has 1 aromatic heterocycles. The molecule has 1 saturated carbocycles. The van der Waals surface area contributed by atoms with Crippen LogP contribution in [0.25, 0.3) is 16.8 Å². The molecule has 5 heteroatoms. The fourth-order valence-corrected chi connectivity index (χ4v) is 3.44. The molecular formula is C24H28N4O. The summed E-state index contributed by atoms with van der Waals surface area (Å²) in [5, 5.41) is 12.4. The highest BCUT2D eigenvalue weighted by molar-refractivity contribution is 5.98. The van der Waals surface area contributed by atoms with Crippen LogP contribution >= 0.6 is 0 Å². The quantitative estimate of drug-likeness (QED) is 0.500. The molecule has 1 fully saturated rings. The smallest absolute Gasteiger partial charge is 0.163 e. The number of tetrazole rings is 1. The van der Waals surface area contributed by atoms with Gasteiger partial charge in [-0.05, 0) is 64.9 Å². The van der Waals surface area contributed by atoms with E-state index in [1.807, 2.05) is 12.1 Å². The zero-order valence-electron chi connectivity index (χ0n) is 17.6. The summed E-state index contributed by atoms with van der Waals surface area (Å²) in [5.41, 5.74) is 4.86. The van der Waals surface area contributed by atoms with Gasteiger partial charge in [-0.1, -0.05) is 57.0 Å². The first-order valence-corrected chi connectivity index (χ1v) is 10.4. The topological polar surface area (TPSA) is 60.7 Å². The molecule has 3 aromatic rings. The highest BCUT2D eigenvalue weighted by Crippen LogP contribution is 2.39. The molecule has 1 aliphatic carbocycles. The van der Waals surface area contributed by atoms with Gasteiger partial charge in [0.15, 0.2) is 11.6 Å². The molecule has 1 aliphatic rings. The van der Waals surface area contributed by atoms with Crippen molar-refractivity contribution in [1.82, 2.24) is 20.2 Å². The predicted octanol–water partition coefficient (Wildman–Crippen LogP) is 5.52. The van der Waals surface area contributed by atoms with Gasteiger partial charge < -0.3 is 0 Å². The summed E-state index contributed by atoms with van der Waals surface area (Å²) in [4.78, 5) is 13.1. The van der Waals surface area contributed by atoms with Crippen molar-refractivity contribution in [3.8, 4) is 16.8 Å². The first kappa shape index (κ1) is 19.5. The molecule has 0 bridgehead atoms. The average Bonchev–Trinajstić information content (AvgIpc) is 3.44. The molecule has 150 valence electrons. The second kappa shape index (κ2) is 7.54. The molecule has 5 nitrogen and oxygen atoms in total. The third-order valence-corrected chi connectivity index (χ3v) is 5.90. The van der Waals surface area contributed by atoms with Gasteiger partial charge in [-0.15, -0.1) is 5.10 Å². The summed E-state index contributed by atoms with van der Waals surface area (Å²) in [6, 6.07) is 14.4. The van der Waals surface area contributed by atoms with Crippen LogP contribution in [0.15, 0.2) is 42.5 Å². The lowest BCUT2D eigenvalue weighted by Crippen LogP contribution is -2.16. The van der Waals surface area contributed by atoms with Crippen LogP contribution in [0.2, 0.25) is 0 Å². The molecule has 0 atom stereocenters. The van der Waals surface area contributed by atoms with Gasteiger partial charge in [-0.2, -0.15) is 4.68 Å². The van der Waals surface area contributed by atoms with E-state index in [0.717, 1.165) is 47.5 Å². The SMILES string of the molecule is CCC(C)(C)CC(=O)c1cc(-c2ccc(C)cc2)cc(-n2nnnc2C2CC2)c1. The molecule has 1 heterocycles. The van der Waals surface area contributed by atoms with E-state index in [1.165, 1.54) is 5.56 Å². The lowest BCUT2D eigenvalue weighted by molar-refractivity contribution is 0.0928. The van der Waals surface area contributed by atoms with Gasteiger partial charge >= 0.3 is 0 Å². The van der Waals surface area contributed by atoms with E-state index in [1.54, 1.807) is 4.68 Å². The number of Topliss-reactive ketones (excluding diaryl/α,β-unsaturated/α-hetero) is 1. The minimum Gasteiger partial charge on any atom is -0.294 e. The maximum absolute atomic E-state index is 13.1. The van der Waals surface area contributed by atoms with Crippen LogP contribution in [0.3, 0.4) is 0 Å². The highest BCUT2D eigenvalue weighted by Gasteiger charge is 2.30. The van der Waals surface area contributed by atoms with Gasteiger partial charge in [0.1, 0.15) is 0 Å². The fraction of sp³-hybridized carbons (Fsp3) is 0.417. The first-order chi connectivity index (χ1) is 13.9. The Hall–Kier alpha value is -2.82. The van der Waals surface area contributed by atoms with Crippen LogP contribution in [-0.4, -0.2) is 26.0 Å². The minimum absolute atomic E-state index is 0.0227. The number of aromatic nitrogens is 4. The zero-order valence-corrected chi connectivity index (χ0v) is 17.6. The van der Waals surface area contributed by atoms with E-state index in [-0.39, 0.29) is 11.2 Å². The van der Waals surface area contributed by atoms with Crippen molar-refractivity contribution in [3.05, 3.63) is 59.4 Å². The summed E-state index contributed by atoms with van der Waals surface area (Å²) in [6.07, 6.45) is 3.72. The van der Waals surface area contributed by atoms with Gasteiger partial charge in [0.2, 0.25) is 0 Å². The van der Waals surface area contributed by atoms with Crippen molar-refractivity contribution in [2.45, 2.75) is 59.3 Å². The van der Waals surface area contributed by atoms with Gasteiger partial charge in [0.25, 0.3) is 0 Å². The minimum atomic E-state index is -0.0227. The molecular weight excluding hydrogens is 360 g/mol. The summed E-state index contributed by atoms with van der Waals surface area (Å²) < 4.78 is 1.80. The molecule has 0 unspecified atom stereocenters. The van der Waals surface area contributed by atoms with Crippen LogP contribution in [-0.2, 0) is 0 Å². The molecule has 0 amide bonds. The monoisotopic (exact) mass is 388 g/mol. The van der Waals surface area contributed by atoms with E-state index in [0.29, 0.717) is 12.3 Å². The number of rotatable bonds is 7. The third-order valence-electron chi connectivity index (χ3n) is 5.90. The number of hydrogen-bond acceptors (Lipinski definition) is 4. The van der Waals surface area contributed by atoms with E-state index >= 15 is 0 Å². The fourth-order valence-electron chi connectivity index (χ4n) is 3.44. The molecule has 0 aliphatic heterocycles. The number of ketones is 1. The molecule has 29 heavy (non-hydrogen) atoms. The summed E-state index contributed by atoms with van der Waals surface area (Å²) in [5.74, 6) is 1.47. The largest absolute Gasteiger partial charge is 0.294 e. The summed E-state index contributed by atoms with van der Waals surface area (Å²) in [7, 11) is 0. The molecule has 0 spiro atoms. The second-order valence-corrected chi connectivity index (χ2v) is 8.98. The molecule has 4 rings (SSSR count). The Kier molecular flexibility index (Phi) is 5.07. The Labute approximate surface area is 172 Å². The molecule has 0 N–H and O–H groups in total. The Morgan fingerprint density at radius 3 is 2.48 bits per heavy atom. The molecule has 0 saturated heterocycles. The van der Waals surface area contributed by atoms with Crippen molar-refractivity contribution in [1.29, 1.82) is 0 Å². The van der Waals surface area contributed by atoms with Gasteiger partial charge in [0.05, 0.1) is 5.69 Å². The maximum Gasteiger partial charge on any atom is 0.163 e. The van der Waals surface area contributed by atoms with Gasteiger partial charge in [0, 0.05) is 17.9 Å². The predicted molar refractivity (Wildman–Crippen MR) is 114 cm³/mol. The number of carbonyl (C=O) groups excluding carboxylic acids is 1. The third kappa shape index (κ3) is 4.29. The Balaban J connectivity index is 1.80. The molecule has 2 aromatic carbocycles. The number of nitrogens with zero attached hydrogens (tertiary/aromatic N) is 4. The van der Waals surface area contributed by atoms with E-state index in [9.17, 15) is 4.79 Å². The second-order valence-electron chi connectivity index (χ2n) is 8.98. The molecule has 0 radical (unpaired) electrons. The lowest BCUT2D eigenvalue weighted by Gasteiger charge is -2.21. The van der Waals surface area contributed by atoms with Crippen molar-refractivity contribution < 1.29 is 4.79 Å². The normalized spacial score (nSPS) is 14.2. The summed E-state index contributed by atoms with van der Waals surface area (Å²) in [6.45, 7) is 8.49. The highest BCUT2D eigenvalue weighted by atomic mass is 16.1. The first-order valence-electron chi connectivity index (χ1n) is 10.4. The Bertz CT molecular complexity index is 1030. The number of aryl methyl sites for hydroxylation is 1. The Morgan fingerprint density at radius 2 is 1.83 bits per heavy atom. The number of carbonyl (C=O) groups is 1. The summed E-state index contributed by atoms with van der Waals surface area (Å²) >= 11 is 0. The van der Waals surface area contributed by atoms with E-state index in [4.69, 9.17) is 0 Å². The van der Waals surface area contributed by atoms with Crippen LogP contribution in [0.1, 0.15) is 74.1 Å². The van der Waals surface area contributed by atoms with E-state index < -0.39 is 0 Å². The zero-order chi connectivity index (χ0) is 20.6. The van der Waals surface area contributed by atoms with Crippen LogP contribution in [0, 0.1) is 12.3 Å². The van der Waals surface area contributed by atoms with Crippen LogP contribution in [0.4, 0.5) is 0 Å². The van der Waals surface area contributed by atoms with Crippen molar-refractivity contribution >= 4 is 5.78 Å². The number of benzene rings is 2. The maximum atomic E-state index is 13.1. The van der Waals surface area contributed by atoms with Gasteiger partial charge in [-0.25, -0.2) is 0 Å². The van der Waals surface area contributed by atoms with Crippen molar-refractivity contribution in [3.63, 3.8) is 0 Å². The lowest BCUT2D eigenvalue weighted by atomic mass is 9.83. The van der Waals surface area contributed by atoms with Crippen LogP contribution < -0.4 is 0 Å². The average molecular weight is 389 g/mol. The van der Waals surface area contributed by atoms with Crippen LogP contribution in [0.5, 0.6) is 0 Å². The standard InChI is InChI=1S/C24H28N4O/c1-5-24(3,4)15-22(29)20-12-19(17-8-6-16(2)7-9-17)13-21(14-20)28-23(18-10-11-18)25-26-27-28/h6-9,12-14,18H,5,10-11,15H2,1-4H3. The Morgan fingerprint density at radius 1 is 1.10 bits per heavy atom. The van der Waals surface area contributed by atoms with Crippen molar-refractivity contribution in [2.24, 2.45) is 5.41 Å².